The number of aliphatic imine (C=N–C) groups is 1. The highest BCUT2D eigenvalue weighted by molar-refractivity contribution is 14.0. The fourth-order valence-corrected chi connectivity index (χ4v) is 4.90. The van der Waals surface area contributed by atoms with Crippen LogP contribution in [0.1, 0.15) is 33.1 Å². The fourth-order valence-electron chi connectivity index (χ4n) is 3.42. The minimum absolute atomic E-state index is 0. The molecule has 2 heterocycles. The highest BCUT2D eigenvalue weighted by Gasteiger charge is 2.40. The molecule has 0 bridgehead atoms. The zero-order valence-corrected chi connectivity index (χ0v) is 18.6. The zero-order valence-electron chi connectivity index (χ0n) is 15.5. The molecule has 0 amide bonds. The van der Waals surface area contributed by atoms with Crippen LogP contribution in [0.25, 0.3) is 0 Å². The second-order valence-corrected chi connectivity index (χ2v) is 7.72. The minimum Gasteiger partial charge on any atom is -0.379 e. The maximum atomic E-state index is 5.54. The molecule has 0 aromatic heterocycles. The van der Waals surface area contributed by atoms with Crippen molar-refractivity contribution in [3.63, 3.8) is 0 Å². The molecule has 2 saturated heterocycles. The van der Waals surface area contributed by atoms with Gasteiger partial charge in [-0.2, -0.15) is 11.8 Å². The van der Waals surface area contributed by atoms with Crippen LogP contribution in [0.5, 0.6) is 0 Å². The Morgan fingerprint density at radius 2 is 1.96 bits per heavy atom. The van der Waals surface area contributed by atoms with Crippen molar-refractivity contribution >= 4 is 41.7 Å². The summed E-state index contributed by atoms with van der Waals surface area (Å²) in [5.41, 5.74) is 0.265. The first-order valence-electron chi connectivity index (χ1n) is 9.09. The van der Waals surface area contributed by atoms with Crippen molar-refractivity contribution in [3.8, 4) is 0 Å². The van der Waals surface area contributed by atoms with Crippen molar-refractivity contribution in [2.75, 3.05) is 57.9 Å². The van der Waals surface area contributed by atoms with Crippen LogP contribution in [0.2, 0.25) is 0 Å². The Labute approximate surface area is 169 Å². The lowest BCUT2D eigenvalue weighted by Crippen LogP contribution is -2.60. The number of rotatable bonds is 7. The van der Waals surface area contributed by atoms with Crippen LogP contribution in [0.4, 0.5) is 0 Å². The topological polar surface area (TPSA) is 48.9 Å². The lowest BCUT2D eigenvalue weighted by Gasteiger charge is -2.43. The third kappa shape index (κ3) is 6.21. The molecular formula is C17H35IN4OS. The number of ether oxygens (including phenoxy) is 1. The van der Waals surface area contributed by atoms with Gasteiger partial charge in [-0.05, 0) is 18.1 Å². The van der Waals surface area contributed by atoms with Crippen LogP contribution in [-0.2, 0) is 4.74 Å². The zero-order chi connectivity index (χ0) is 16.5. The highest BCUT2D eigenvalue weighted by atomic mass is 127. The van der Waals surface area contributed by atoms with Gasteiger partial charge in [-0.1, -0.05) is 26.7 Å². The fraction of sp³-hybridized carbons (Fsp3) is 0.941. The molecule has 7 heteroatoms. The molecule has 2 fully saturated rings. The van der Waals surface area contributed by atoms with Crippen LogP contribution >= 0.6 is 35.7 Å². The van der Waals surface area contributed by atoms with Crippen molar-refractivity contribution in [2.45, 2.75) is 38.6 Å². The molecular weight excluding hydrogens is 435 g/mol. The van der Waals surface area contributed by atoms with E-state index in [1.807, 2.05) is 7.05 Å². The first-order chi connectivity index (χ1) is 11.2. The summed E-state index contributed by atoms with van der Waals surface area (Å²) in [6.07, 6.45) is 3.69. The summed E-state index contributed by atoms with van der Waals surface area (Å²) in [7, 11) is 1.87. The number of morpholine rings is 1. The summed E-state index contributed by atoms with van der Waals surface area (Å²) in [6.45, 7) is 10.4. The van der Waals surface area contributed by atoms with E-state index in [0.717, 1.165) is 51.3 Å². The summed E-state index contributed by atoms with van der Waals surface area (Å²) in [5, 5.41) is 7.10. The van der Waals surface area contributed by atoms with Gasteiger partial charge >= 0.3 is 0 Å². The molecule has 0 aromatic rings. The normalized spacial score (nSPS) is 25.6. The van der Waals surface area contributed by atoms with E-state index in [1.54, 1.807) is 0 Å². The monoisotopic (exact) mass is 470 g/mol. The summed E-state index contributed by atoms with van der Waals surface area (Å²) in [4.78, 5) is 7.05. The Morgan fingerprint density at radius 1 is 1.25 bits per heavy atom. The molecule has 2 N–H and O–H groups in total. The molecule has 0 aromatic carbocycles. The molecule has 0 radical (unpaired) electrons. The largest absolute Gasteiger partial charge is 0.379 e. The second kappa shape index (κ2) is 11.8. The molecule has 1 unspecified atom stereocenters. The van der Waals surface area contributed by atoms with Gasteiger partial charge in [0.15, 0.2) is 5.96 Å². The summed E-state index contributed by atoms with van der Waals surface area (Å²) < 4.78 is 5.54. The van der Waals surface area contributed by atoms with Gasteiger partial charge in [0.25, 0.3) is 0 Å². The number of hydrogen-bond donors (Lipinski definition) is 2. The molecule has 1 atom stereocenters. The average molecular weight is 470 g/mol. The summed E-state index contributed by atoms with van der Waals surface area (Å²) in [5.74, 6) is 4.15. The van der Waals surface area contributed by atoms with Crippen LogP contribution in [0.3, 0.4) is 0 Å². The van der Waals surface area contributed by atoms with E-state index in [2.05, 4.69) is 46.1 Å². The minimum atomic E-state index is 0. The Bertz CT molecular complexity index is 368. The summed E-state index contributed by atoms with van der Waals surface area (Å²) in [6, 6.07) is 0. The smallest absolute Gasteiger partial charge is 0.191 e. The van der Waals surface area contributed by atoms with Gasteiger partial charge in [0.05, 0.1) is 13.2 Å². The molecule has 0 saturated carbocycles. The van der Waals surface area contributed by atoms with Gasteiger partial charge in [0, 0.05) is 44.5 Å². The van der Waals surface area contributed by atoms with Gasteiger partial charge in [-0.25, -0.2) is 0 Å². The van der Waals surface area contributed by atoms with Gasteiger partial charge < -0.3 is 15.4 Å². The van der Waals surface area contributed by atoms with Gasteiger partial charge in [0.2, 0.25) is 0 Å². The summed E-state index contributed by atoms with van der Waals surface area (Å²) >= 11 is 2.08. The van der Waals surface area contributed by atoms with Crippen LogP contribution in [-0.4, -0.2) is 74.3 Å². The molecule has 0 aliphatic carbocycles. The van der Waals surface area contributed by atoms with E-state index >= 15 is 0 Å². The van der Waals surface area contributed by atoms with Gasteiger partial charge in [0.1, 0.15) is 0 Å². The maximum Gasteiger partial charge on any atom is 0.191 e. The quantitative estimate of drug-likeness (QED) is 0.340. The predicted molar refractivity (Wildman–Crippen MR) is 116 cm³/mol. The van der Waals surface area contributed by atoms with E-state index < -0.39 is 0 Å². The number of hydrogen-bond acceptors (Lipinski definition) is 4. The van der Waals surface area contributed by atoms with E-state index in [4.69, 9.17) is 4.74 Å². The van der Waals surface area contributed by atoms with Crippen LogP contribution in [0.15, 0.2) is 4.99 Å². The Kier molecular flexibility index (Phi) is 11.0. The molecule has 24 heavy (non-hydrogen) atoms. The van der Waals surface area contributed by atoms with Crippen molar-refractivity contribution in [1.29, 1.82) is 0 Å². The van der Waals surface area contributed by atoms with Crippen molar-refractivity contribution in [1.82, 2.24) is 15.5 Å². The standard InChI is InChI=1S/C17H34N4OS.HI/c1-4-15(5-2)12-19-16(18-3)20-13-17(6-11-23-14-17)21-7-9-22-10-8-21;/h15H,4-14H2,1-3H3,(H2,18,19,20);1H. The second-order valence-electron chi connectivity index (χ2n) is 6.62. The average Bonchev–Trinajstić information content (AvgIpc) is 3.09. The van der Waals surface area contributed by atoms with Crippen molar-refractivity contribution in [3.05, 3.63) is 0 Å². The molecule has 0 spiro atoms. The molecule has 5 nitrogen and oxygen atoms in total. The molecule has 2 rings (SSSR count). The van der Waals surface area contributed by atoms with E-state index in [9.17, 15) is 0 Å². The van der Waals surface area contributed by atoms with Crippen molar-refractivity contribution < 1.29 is 4.74 Å². The lowest BCUT2D eigenvalue weighted by atomic mass is 9.95. The number of halogens is 1. The number of nitrogens with one attached hydrogen (secondary N) is 2. The molecule has 2 aliphatic rings. The highest BCUT2D eigenvalue weighted by Crippen LogP contribution is 2.33. The third-order valence-electron chi connectivity index (χ3n) is 5.29. The van der Waals surface area contributed by atoms with Crippen molar-refractivity contribution in [2.24, 2.45) is 10.9 Å². The number of guanidine groups is 1. The first-order valence-corrected chi connectivity index (χ1v) is 10.2. The Hall–Kier alpha value is 0.270. The first kappa shape index (κ1) is 22.3. The van der Waals surface area contributed by atoms with Crippen LogP contribution in [0, 0.1) is 5.92 Å². The van der Waals surface area contributed by atoms with E-state index in [0.29, 0.717) is 0 Å². The van der Waals surface area contributed by atoms with Gasteiger partial charge in [-0.15, -0.1) is 24.0 Å². The van der Waals surface area contributed by atoms with E-state index in [1.165, 1.54) is 30.8 Å². The maximum absolute atomic E-state index is 5.54. The Balaban J connectivity index is 0.00000288. The third-order valence-corrected chi connectivity index (χ3v) is 6.52. The molecule has 2 aliphatic heterocycles. The SMILES string of the molecule is CCC(CC)CNC(=NC)NCC1(N2CCOCC2)CCSC1.I. The van der Waals surface area contributed by atoms with Gasteiger partial charge in [-0.3, -0.25) is 9.89 Å². The van der Waals surface area contributed by atoms with E-state index in [-0.39, 0.29) is 29.5 Å². The number of nitrogens with zero attached hydrogens (tertiary/aromatic N) is 2. The lowest BCUT2D eigenvalue weighted by molar-refractivity contribution is -0.0120. The van der Waals surface area contributed by atoms with Crippen LogP contribution < -0.4 is 10.6 Å². The Morgan fingerprint density at radius 3 is 2.50 bits per heavy atom. The predicted octanol–water partition coefficient (Wildman–Crippen LogP) is 2.41. The number of thioether (sulfide) groups is 1. The molecule has 142 valence electrons.